The Morgan fingerprint density at radius 1 is 1.24 bits per heavy atom. The van der Waals surface area contributed by atoms with Crippen LogP contribution in [-0.4, -0.2) is 26.6 Å². The van der Waals surface area contributed by atoms with E-state index < -0.39 is 9.84 Å². The summed E-state index contributed by atoms with van der Waals surface area (Å²) in [5.74, 6) is -0.354. The van der Waals surface area contributed by atoms with E-state index in [2.05, 4.69) is 5.32 Å². The van der Waals surface area contributed by atoms with Crippen LogP contribution in [0.15, 0.2) is 29.2 Å². The van der Waals surface area contributed by atoms with Crippen LogP contribution >= 0.6 is 0 Å². The Morgan fingerprint density at radius 3 is 2.43 bits per heavy atom. The lowest BCUT2D eigenvalue weighted by atomic mass is 10.0. The van der Waals surface area contributed by atoms with Gasteiger partial charge in [0.15, 0.2) is 9.84 Å². The molecule has 0 aromatic heterocycles. The van der Waals surface area contributed by atoms with E-state index in [1.807, 2.05) is 13.8 Å². The Labute approximate surface area is 126 Å². The Kier molecular flexibility index (Phi) is 6.36. The largest absolute Gasteiger partial charge is 0.328 e. The molecule has 118 valence electrons. The predicted octanol–water partition coefficient (Wildman–Crippen LogP) is 2.18. The molecular weight excluding hydrogens is 288 g/mol. The van der Waals surface area contributed by atoms with Gasteiger partial charge < -0.3 is 11.1 Å². The number of hydrogen-bond acceptors (Lipinski definition) is 4. The number of carbonyl (C=O) groups excluding carboxylic acids is 1. The van der Waals surface area contributed by atoms with E-state index >= 15 is 0 Å². The Hall–Kier alpha value is -1.40. The molecule has 0 bridgehead atoms. The maximum absolute atomic E-state index is 12.1. The molecule has 3 N–H and O–H groups in total. The fraction of sp³-hybridized carbons (Fsp3) is 0.533. The quantitative estimate of drug-likeness (QED) is 0.807. The molecule has 0 fully saturated rings. The molecule has 1 amide bonds. The summed E-state index contributed by atoms with van der Waals surface area (Å²) >= 11 is 0. The minimum absolute atomic E-state index is 0.131. The SMILES string of the molecule is CC(N)CCCC(C)C(=O)Nc1ccccc1S(C)(=O)=O. The number of carbonyl (C=O) groups is 1. The lowest BCUT2D eigenvalue weighted by Crippen LogP contribution is -2.22. The highest BCUT2D eigenvalue weighted by Crippen LogP contribution is 2.22. The van der Waals surface area contributed by atoms with Crippen LogP contribution in [-0.2, 0) is 14.6 Å². The smallest absolute Gasteiger partial charge is 0.227 e. The van der Waals surface area contributed by atoms with Crippen LogP contribution in [0.5, 0.6) is 0 Å². The van der Waals surface area contributed by atoms with Gasteiger partial charge in [0.25, 0.3) is 0 Å². The molecule has 21 heavy (non-hydrogen) atoms. The summed E-state index contributed by atoms with van der Waals surface area (Å²) < 4.78 is 23.4. The van der Waals surface area contributed by atoms with Crippen LogP contribution in [0.25, 0.3) is 0 Å². The van der Waals surface area contributed by atoms with Gasteiger partial charge >= 0.3 is 0 Å². The number of benzene rings is 1. The highest BCUT2D eigenvalue weighted by Gasteiger charge is 2.17. The number of amides is 1. The molecule has 0 spiro atoms. The first-order chi connectivity index (χ1) is 9.71. The van der Waals surface area contributed by atoms with Gasteiger partial charge in [0, 0.05) is 18.2 Å². The van der Waals surface area contributed by atoms with E-state index in [0.717, 1.165) is 25.5 Å². The number of para-hydroxylation sites is 1. The third kappa shape index (κ3) is 5.85. The van der Waals surface area contributed by atoms with Crippen molar-refractivity contribution in [1.29, 1.82) is 0 Å². The normalized spacial score (nSPS) is 14.5. The second-order valence-electron chi connectivity index (χ2n) is 5.57. The molecule has 1 aromatic carbocycles. The highest BCUT2D eigenvalue weighted by molar-refractivity contribution is 7.90. The summed E-state index contributed by atoms with van der Waals surface area (Å²) in [5, 5.41) is 2.71. The van der Waals surface area contributed by atoms with Crippen molar-refractivity contribution in [1.82, 2.24) is 0 Å². The van der Waals surface area contributed by atoms with Crippen molar-refractivity contribution in [2.75, 3.05) is 11.6 Å². The third-order valence-electron chi connectivity index (χ3n) is 3.29. The zero-order valence-electron chi connectivity index (χ0n) is 12.8. The predicted molar refractivity (Wildman–Crippen MR) is 84.8 cm³/mol. The summed E-state index contributed by atoms with van der Waals surface area (Å²) in [6.45, 7) is 3.77. The molecule has 0 aliphatic heterocycles. The van der Waals surface area contributed by atoms with Crippen molar-refractivity contribution in [3.05, 3.63) is 24.3 Å². The summed E-state index contributed by atoms with van der Waals surface area (Å²) in [6, 6.07) is 6.56. The molecule has 1 aromatic rings. The van der Waals surface area contributed by atoms with Crippen LogP contribution in [0.3, 0.4) is 0 Å². The van der Waals surface area contributed by atoms with Crippen LogP contribution in [0, 0.1) is 5.92 Å². The molecule has 0 aliphatic carbocycles. The maximum Gasteiger partial charge on any atom is 0.227 e. The number of nitrogens with one attached hydrogen (secondary N) is 1. The first kappa shape index (κ1) is 17.7. The molecule has 6 heteroatoms. The third-order valence-corrected chi connectivity index (χ3v) is 4.44. The average Bonchev–Trinajstić information content (AvgIpc) is 2.37. The van der Waals surface area contributed by atoms with Crippen molar-refractivity contribution in [3.8, 4) is 0 Å². The van der Waals surface area contributed by atoms with Crippen LogP contribution in [0.2, 0.25) is 0 Å². The lowest BCUT2D eigenvalue weighted by molar-refractivity contribution is -0.119. The fourth-order valence-electron chi connectivity index (χ4n) is 2.03. The molecule has 0 saturated carbocycles. The molecule has 0 heterocycles. The Morgan fingerprint density at radius 2 is 1.86 bits per heavy atom. The van der Waals surface area contributed by atoms with Gasteiger partial charge in [-0.15, -0.1) is 0 Å². The molecule has 2 atom stereocenters. The summed E-state index contributed by atoms with van der Waals surface area (Å²) in [7, 11) is -3.36. The summed E-state index contributed by atoms with van der Waals surface area (Å²) in [5.41, 5.74) is 6.02. The maximum atomic E-state index is 12.1. The zero-order chi connectivity index (χ0) is 16.0. The molecule has 1 rings (SSSR count). The van der Waals surface area contributed by atoms with E-state index in [-0.39, 0.29) is 22.8 Å². The number of hydrogen-bond donors (Lipinski definition) is 2. The van der Waals surface area contributed by atoms with Gasteiger partial charge in [-0.2, -0.15) is 0 Å². The minimum atomic E-state index is -3.36. The molecular formula is C15H24N2O3S. The number of sulfone groups is 1. The number of anilines is 1. The molecule has 5 nitrogen and oxygen atoms in total. The summed E-state index contributed by atoms with van der Waals surface area (Å²) in [4.78, 5) is 12.3. The Bertz CT molecular complexity index is 582. The fourth-order valence-corrected chi connectivity index (χ4v) is 2.87. The van der Waals surface area contributed by atoms with E-state index in [1.54, 1.807) is 18.2 Å². The standard InChI is InChI=1S/C15H24N2O3S/c1-11(7-6-8-12(2)16)15(18)17-13-9-4-5-10-14(13)21(3,19)20/h4-5,9-12H,6-8,16H2,1-3H3,(H,17,18). The number of nitrogens with two attached hydrogens (primary N) is 1. The molecule has 0 aliphatic rings. The van der Waals surface area contributed by atoms with Crippen molar-refractivity contribution >= 4 is 21.4 Å². The number of rotatable bonds is 7. The lowest BCUT2D eigenvalue weighted by Gasteiger charge is -2.14. The van der Waals surface area contributed by atoms with Gasteiger partial charge in [-0.1, -0.05) is 25.5 Å². The molecule has 0 saturated heterocycles. The Balaban J connectivity index is 2.71. The van der Waals surface area contributed by atoms with E-state index in [4.69, 9.17) is 5.73 Å². The van der Waals surface area contributed by atoms with E-state index in [1.165, 1.54) is 6.07 Å². The van der Waals surface area contributed by atoms with Crippen molar-refractivity contribution < 1.29 is 13.2 Å². The second kappa shape index (κ2) is 7.56. The zero-order valence-corrected chi connectivity index (χ0v) is 13.6. The van der Waals surface area contributed by atoms with Crippen LogP contribution in [0.1, 0.15) is 33.1 Å². The monoisotopic (exact) mass is 312 g/mol. The van der Waals surface area contributed by atoms with Crippen LogP contribution in [0.4, 0.5) is 5.69 Å². The molecule has 0 radical (unpaired) electrons. The van der Waals surface area contributed by atoms with Crippen molar-refractivity contribution in [3.63, 3.8) is 0 Å². The second-order valence-corrected chi connectivity index (χ2v) is 7.55. The first-order valence-corrected chi connectivity index (χ1v) is 8.96. The van der Waals surface area contributed by atoms with Crippen molar-refractivity contribution in [2.45, 2.75) is 44.0 Å². The topological polar surface area (TPSA) is 89.3 Å². The van der Waals surface area contributed by atoms with Gasteiger partial charge in [-0.05, 0) is 31.9 Å². The van der Waals surface area contributed by atoms with Crippen molar-refractivity contribution in [2.24, 2.45) is 11.7 Å². The van der Waals surface area contributed by atoms with Crippen LogP contribution < -0.4 is 11.1 Å². The van der Waals surface area contributed by atoms with Gasteiger partial charge in [0.1, 0.15) is 0 Å². The van der Waals surface area contributed by atoms with Gasteiger partial charge in [-0.3, -0.25) is 4.79 Å². The van der Waals surface area contributed by atoms with Gasteiger partial charge in [-0.25, -0.2) is 8.42 Å². The molecule has 2 unspecified atom stereocenters. The van der Waals surface area contributed by atoms with E-state index in [0.29, 0.717) is 5.69 Å². The first-order valence-electron chi connectivity index (χ1n) is 7.07. The van der Waals surface area contributed by atoms with Gasteiger partial charge in [0.2, 0.25) is 5.91 Å². The summed E-state index contributed by atoms with van der Waals surface area (Å²) in [6.07, 6.45) is 3.61. The van der Waals surface area contributed by atoms with Gasteiger partial charge in [0.05, 0.1) is 10.6 Å². The highest BCUT2D eigenvalue weighted by atomic mass is 32.2. The minimum Gasteiger partial charge on any atom is -0.328 e. The average molecular weight is 312 g/mol. The van der Waals surface area contributed by atoms with E-state index in [9.17, 15) is 13.2 Å².